The minimum absolute atomic E-state index is 0.0240. The molecule has 0 spiro atoms. The molecule has 0 saturated heterocycles. The van der Waals surface area contributed by atoms with Crippen LogP contribution >= 0.6 is 0 Å². The Morgan fingerprint density at radius 3 is 2.42 bits per heavy atom. The number of nitrogens with zero attached hydrogens (tertiary/aromatic N) is 1. The quantitative estimate of drug-likeness (QED) is 0.930. The molecule has 3 heteroatoms. The lowest BCUT2D eigenvalue weighted by molar-refractivity contribution is 0.102. The molecule has 0 radical (unpaired) electrons. The largest absolute Gasteiger partial charge is 0.322 e. The summed E-state index contributed by atoms with van der Waals surface area (Å²) >= 11 is 0. The SMILES string of the molecule is O=C(Nc1ccccc1)c1ccc2c(c1)CCN(C1CCC1)CC2. The molecule has 0 aromatic heterocycles. The second kappa shape index (κ2) is 6.78. The molecule has 24 heavy (non-hydrogen) atoms. The molecule has 0 unspecified atom stereocenters. The molecular formula is C21H24N2O. The van der Waals surface area contributed by atoms with Crippen molar-refractivity contribution in [1.29, 1.82) is 0 Å². The lowest BCUT2D eigenvalue weighted by Gasteiger charge is -2.36. The first kappa shape index (κ1) is 15.4. The molecule has 2 aliphatic rings. The van der Waals surface area contributed by atoms with Crippen LogP contribution in [0.1, 0.15) is 40.7 Å². The van der Waals surface area contributed by atoms with Gasteiger partial charge < -0.3 is 5.32 Å². The zero-order chi connectivity index (χ0) is 16.4. The summed E-state index contributed by atoms with van der Waals surface area (Å²) in [7, 11) is 0. The number of benzene rings is 2. The van der Waals surface area contributed by atoms with Gasteiger partial charge in [-0.1, -0.05) is 30.7 Å². The molecule has 0 atom stereocenters. The maximum Gasteiger partial charge on any atom is 0.255 e. The number of hydrogen-bond acceptors (Lipinski definition) is 2. The summed E-state index contributed by atoms with van der Waals surface area (Å²) in [6.07, 6.45) is 6.27. The molecule has 124 valence electrons. The van der Waals surface area contributed by atoms with E-state index in [1.54, 1.807) is 0 Å². The van der Waals surface area contributed by atoms with Crippen molar-refractivity contribution < 1.29 is 4.79 Å². The summed E-state index contributed by atoms with van der Waals surface area (Å²) in [5.74, 6) is -0.0240. The van der Waals surface area contributed by atoms with Gasteiger partial charge in [-0.25, -0.2) is 0 Å². The van der Waals surface area contributed by atoms with Gasteiger partial charge in [-0.05, 0) is 61.1 Å². The Kier molecular flexibility index (Phi) is 4.35. The first-order chi connectivity index (χ1) is 11.8. The Balaban J connectivity index is 1.47. The van der Waals surface area contributed by atoms with Crippen LogP contribution in [0.2, 0.25) is 0 Å². The van der Waals surface area contributed by atoms with Gasteiger partial charge >= 0.3 is 0 Å². The topological polar surface area (TPSA) is 32.3 Å². The predicted molar refractivity (Wildman–Crippen MR) is 97.5 cm³/mol. The number of para-hydroxylation sites is 1. The number of rotatable bonds is 3. The average molecular weight is 320 g/mol. The Labute approximate surface area is 143 Å². The number of carbonyl (C=O) groups is 1. The van der Waals surface area contributed by atoms with Crippen LogP contribution in [0, 0.1) is 0 Å². The van der Waals surface area contributed by atoms with Crippen LogP contribution in [0.3, 0.4) is 0 Å². The van der Waals surface area contributed by atoms with Gasteiger partial charge in [-0.3, -0.25) is 9.69 Å². The van der Waals surface area contributed by atoms with Crippen molar-refractivity contribution in [1.82, 2.24) is 4.90 Å². The Morgan fingerprint density at radius 2 is 1.71 bits per heavy atom. The fourth-order valence-corrected chi connectivity index (χ4v) is 3.73. The number of fused-ring (bicyclic) bond motifs is 1. The van der Waals surface area contributed by atoms with Gasteiger partial charge in [0.25, 0.3) is 5.91 Å². The number of anilines is 1. The van der Waals surface area contributed by atoms with E-state index in [0.29, 0.717) is 0 Å². The summed E-state index contributed by atoms with van der Waals surface area (Å²) < 4.78 is 0. The molecule has 1 aliphatic heterocycles. The molecule has 2 aromatic rings. The Bertz CT molecular complexity index is 722. The third-order valence-corrected chi connectivity index (χ3v) is 5.43. The molecule has 1 aliphatic carbocycles. The van der Waals surface area contributed by atoms with E-state index in [9.17, 15) is 4.79 Å². The number of amides is 1. The molecule has 4 rings (SSSR count). The van der Waals surface area contributed by atoms with E-state index in [0.717, 1.165) is 43.2 Å². The number of nitrogens with one attached hydrogen (secondary N) is 1. The fraction of sp³-hybridized carbons (Fsp3) is 0.381. The van der Waals surface area contributed by atoms with E-state index >= 15 is 0 Å². The highest BCUT2D eigenvalue weighted by Gasteiger charge is 2.26. The van der Waals surface area contributed by atoms with Gasteiger partial charge in [-0.15, -0.1) is 0 Å². The smallest absolute Gasteiger partial charge is 0.255 e. The molecule has 1 amide bonds. The van der Waals surface area contributed by atoms with Crippen LogP contribution in [-0.4, -0.2) is 29.9 Å². The van der Waals surface area contributed by atoms with Crippen LogP contribution in [0.4, 0.5) is 5.69 Å². The third-order valence-electron chi connectivity index (χ3n) is 5.43. The van der Waals surface area contributed by atoms with Crippen molar-refractivity contribution in [2.45, 2.75) is 38.1 Å². The van der Waals surface area contributed by atoms with E-state index in [1.165, 1.54) is 30.4 Å². The highest BCUT2D eigenvalue weighted by molar-refractivity contribution is 6.04. The van der Waals surface area contributed by atoms with E-state index in [-0.39, 0.29) is 5.91 Å². The second-order valence-corrected chi connectivity index (χ2v) is 6.92. The number of carbonyl (C=O) groups excluding carboxylic acids is 1. The lowest BCUT2D eigenvalue weighted by Crippen LogP contribution is -2.41. The van der Waals surface area contributed by atoms with Crippen LogP contribution in [0.5, 0.6) is 0 Å². The summed E-state index contributed by atoms with van der Waals surface area (Å²) in [5, 5.41) is 2.98. The standard InChI is InChI=1S/C21H24N2O/c24-21(22-19-5-2-1-3-6-19)18-10-9-16-11-13-23(20-7-4-8-20)14-12-17(16)15-18/h1-3,5-6,9-10,15,20H,4,7-8,11-14H2,(H,22,24). The molecule has 1 heterocycles. The fourth-order valence-electron chi connectivity index (χ4n) is 3.73. The van der Waals surface area contributed by atoms with Gasteiger partial charge in [0.05, 0.1) is 0 Å². The van der Waals surface area contributed by atoms with Crippen molar-refractivity contribution in [2.24, 2.45) is 0 Å². The van der Waals surface area contributed by atoms with E-state index in [2.05, 4.69) is 22.3 Å². The molecule has 3 nitrogen and oxygen atoms in total. The molecule has 1 N–H and O–H groups in total. The Morgan fingerprint density at radius 1 is 0.958 bits per heavy atom. The maximum absolute atomic E-state index is 12.5. The van der Waals surface area contributed by atoms with E-state index < -0.39 is 0 Å². The Hall–Kier alpha value is -2.13. The van der Waals surface area contributed by atoms with Gasteiger partial charge in [0.15, 0.2) is 0 Å². The van der Waals surface area contributed by atoms with Gasteiger partial charge in [-0.2, -0.15) is 0 Å². The van der Waals surface area contributed by atoms with Crippen LogP contribution < -0.4 is 5.32 Å². The minimum atomic E-state index is -0.0240. The molecular weight excluding hydrogens is 296 g/mol. The first-order valence-electron chi connectivity index (χ1n) is 9.02. The van der Waals surface area contributed by atoms with E-state index in [1.807, 2.05) is 36.4 Å². The summed E-state index contributed by atoms with van der Waals surface area (Å²) in [6.45, 7) is 2.29. The molecule has 2 aromatic carbocycles. The maximum atomic E-state index is 12.5. The molecule has 1 fully saturated rings. The first-order valence-corrected chi connectivity index (χ1v) is 9.02. The highest BCUT2D eigenvalue weighted by atomic mass is 16.1. The normalized spacial score (nSPS) is 18.3. The van der Waals surface area contributed by atoms with E-state index in [4.69, 9.17) is 0 Å². The summed E-state index contributed by atoms with van der Waals surface area (Å²) in [6, 6.07) is 16.7. The zero-order valence-electron chi connectivity index (χ0n) is 14.0. The van der Waals surface area contributed by atoms with Crippen LogP contribution in [-0.2, 0) is 12.8 Å². The number of hydrogen-bond donors (Lipinski definition) is 1. The van der Waals surface area contributed by atoms with Gasteiger partial charge in [0.2, 0.25) is 0 Å². The van der Waals surface area contributed by atoms with Gasteiger partial charge in [0, 0.05) is 30.4 Å². The van der Waals surface area contributed by atoms with Crippen molar-refractivity contribution in [3.63, 3.8) is 0 Å². The van der Waals surface area contributed by atoms with Crippen molar-refractivity contribution in [3.8, 4) is 0 Å². The lowest BCUT2D eigenvalue weighted by atomic mass is 9.91. The van der Waals surface area contributed by atoms with Crippen LogP contribution in [0.15, 0.2) is 48.5 Å². The minimum Gasteiger partial charge on any atom is -0.322 e. The third kappa shape index (κ3) is 3.22. The molecule has 1 saturated carbocycles. The van der Waals surface area contributed by atoms with Crippen LogP contribution in [0.25, 0.3) is 0 Å². The predicted octanol–water partition coefficient (Wildman–Crippen LogP) is 3.89. The monoisotopic (exact) mass is 320 g/mol. The summed E-state index contributed by atoms with van der Waals surface area (Å²) in [5.41, 5.74) is 4.36. The van der Waals surface area contributed by atoms with Crippen molar-refractivity contribution >= 4 is 11.6 Å². The van der Waals surface area contributed by atoms with Crippen molar-refractivity contribution in [2.75, 3.05) is 18.4 Å². The second-order valence-electron chi connectivity index (χ2n) is 6.92. The highest BCUT2D eigenvalue weighted by Crippen LogP contribution is 2.27. The zero-order valence-corrected chi connectivity index (χ0v) is 14.0. The molecule has 0 bridgehead atoms. The average Bonchev–Trinajstić information content (AvgIpc) is 2.77. The van der Waals surface area contributed by atoms with Gasteiger partial charge in [0.1, 0.15) is 0 Å². The summed E-state index contributed by atoms with van der Waals surface area (Å²) in [4.78, 5) is 15.1. The van der Waals surface area contributed by atoms with Crippen molar-refractivity contribution in [3.05, 3.63) is 65.2 Å².